The molecule has 4 N–H and O–H groups in total. The molecule has 0 saturated heterocycles. The van der Waals surface area contributed by atoms with Crippen molar-refractivity contribution in [1.82, 2.24) is 0 Å². The Bertz CT molecular complexity index is 368. The Morgan fingerprint density at radius 1 is 1.47 bits per heavy atom. The second kappa shape index (κ2) is 5.14. The molecule has 0 aromatic heterocycles. The third-order valence-corrected chi connectivity index (χ3v) is 1.76. The quantitative estimate of drug-likeness (QED) is 0.308. The Morgan fingerprint density at radius 3 is 2.80 bits per heavy atom. The van der Waals surface area contributed by atoms with Crippen LogP contribution in [0.15, 0.2) is 23.4 Å². The van der Waals surface area contributed by atoms with Crippen LogP contribution in [0.5, 0.6) is 0 Å². The van der Waals surface area contributed by atoms with Crippen LogP contribution < -0.4 is 11.1 Å². The molecule has 1 rings (SSSR count). The molecule has 0 amide bonds. The minimum atomic E-state index is -0.672. The van der Waals surface area contributed by atoms with E-state index in [1.165, 1.54) is 6.07 Å². The highest BCUT2D eigenvalue weighted by Gasteiger charge is 2.02. The van der Waals surface area contributed by atoms with Crippen LogP contribution in [0.2, 0.25) is 0 Å². The molecule has 4 nitrogen and oxygen atoms in total. The standard InChI is InChI=1S/C9H11F2N3O/c10-6-1-2-8(7(11)5-6)13-4-3-9(12)14-15/h1-2,5,13,15H,3-4H2,(H2,12,14). The van der Waals surface area contributed by atoms with Crippen LogP contribution >= 0.6 is 0 Å². The number of oxime groups is 1. The van der Waals surface area contributed by atoms with E-state index in [1.54, 1.807) is 0 Å². The van der Waals surface area contributed by atoms with Gasteiger partial charge in [-0.05, 0) is 12.1 Å². The average Bonchev–Trinajstić information content (AvgIpc) is 2.21. The largest absolute Gasteiger partial charge is 0.409 e. The third kappa shape index (κ3) is 3.41. The second-order valence-electron chi connectivity index (χ2n) is 2.89. The molecule has 0 saturated carbocycles. The molecule has 1 aromatic rings. The van der Waals surface area contributed by atoms with Gasteiger partial charge in [0.25, 0.3) is 0 Å². The number of nitrogens with two attached hydrogens (primary N) is 1. The summed E-state index contributed by atoms with van der Waals surface area (Å²) in [4.78, 5) is 0. The van der Waals surface area contributed by atoms with E-state index in [9.17, 15) is 8.78 Å². The molecule has 1 aromatic carbocycles. The lowest BCUT2D eigenvalue weighted by Crippen LogP contribution is -2.16. The fourth-order valence-electron chi connectivity index (χ4n) is 1.01. The summed E-state index contributed by atoms with van der Waals surface area (Å²) >= 11 is 0. The first kappa shape index (κ1) is 11.2. The zero-order valence-corrected chi connectivity index (χ0v) is 7.87. The number of benzene rings is 1. The highest BCUT2D eigenvalue weighted by Crippen LogP contribution is 2.14. The number of anilines is 1. The van der Waals surface area contributed by atoms with Crippen LogP contribution in [-0.2, 0) is 0 Å². The number of nitrogens with zero attached hydrogens (tertiary/aromatic N) is 1. The molecule has 82 valence electrons. The first-order valence-electron chi connectivity index (χ1n) is 4.29. The maximum Gasteiger partial charge on any atom is 0.149 e. The third-order valence-electron chi connectivity index (χ3n) is 1.76. The van der Waals surface area contributed by atoms with Gasteiger partial charge in [0.05, 0.1) is 5.69 Å². The zero-order chi connectivity index (χ0) is 11.3. The molecular formula is C9H11F2N3O. The van der Waals surface area contributed by atoms with E-state index >= 15 is 0 Å². The number of hydrogen-bond donors (Lipinski definition) is 3. The lowest BCUT2D eigenvalue weighted by molar-refractivity contribution is 0.317. The van der Waals surface area contributed by atoms with Gasteiger partial charge < -0.3 is 16.3 Å². The second-order valence-corrected chi connectivity index (χ2v) is 2.89. The predicted molar refractivity (Wildman–Crippen MR) is 52.9 cm³/mol. The Balaban J connectivity index is 2.51. The zero-order valence-electron chi connectivity index (χ0n) is 7.87. The lowest BCUT2D eigenvalue weighted by Gasteiger charge is -2.06. The first-order chi connectivity index (χ1) is 7.13. The summed E-state index contributed by atoms with van der Waals surface area (Å²) in [5.74, 6) is -1.26. The Hall–Kier alpha value is -1.85. The molecule has 0 bridgehead atoms. The highest BCUT2D eigenvalue weighted by molar-refractivity contribution is 5.80. The van der Waals surface area contributed by atoms with Crippen LogP contribution in [0.3, 0.4) is 0 Å². The number of halogens is 2. The first-order valence-corrected chi connectivity index (χ1v) is 4.29. The summed E-state index contributed by atoms with van der Waals surface area (Å²) in [7, 11) is 0. The number of rotatable bonds is 4. The topological polar surface area (TPSA) is 70.6 Å². The van der Waals surface area contributed by atoms with E-state index in [4.69, 9.17) is 10.9 Å². The molecule has 0 heterocycles. The van der Waals surface area contributed by atoms with E-state index in [0.717, 1.165) is 12.1 Å². The molecular weight excluding hydrogens is 204 g/mol. The highest BCUT2D eigenvalue weighted by atomic mass is 19.1. The lowest BCUT2D eigenvalue weighted by atomic mass is 10.3. The monoisotopic (exact) mass is 215 g/mol. The van der Waals surface area contributed by atoms with Crippen LogP contribution in [0, 0.1) is 11.6 Å². The van der Waals surface area contributed by atoms with Crippen LogP contribution in [0.4, 0.5) is 14.5 Å². The van der Waals surface area contributed by atoms with Crippen molar-refractivity contribution in [1.29, 1.82) is 0 Å². The van der Waals surface area contributed by atoms with Crippen molar-refractivity contribution in [3.8, 4) is 0 Å². The van der Waals surface area contributed by atoms with E-state index in [-0.39, 0.29) is 17.9 Å². The van der Waals surface area contributed by atoms with Gasteiger partial charge in [-0.2, -0.15) is 0 Å². The van der Waals surface area contributed by atoms with Gasteiger partial charge in [0.2, 0.25) is 0 Å². The molecule has 0 unspecified atom stereocenters. The number of amidine groups is 1. The summed E-state index contributed by atoms with van der Waals surface area (Å²) in [5.41, 5.74) is 5.39. The average molecular weight is 215 g/mol. The summed E-state index contributed by atoms with van der Waals surface area (Å²) in [6, 6.07) is 3.22. The molecule has 0 aliphatic heterocycles. The smallest absolute Gasteiger partial charge is 0.149 e. The van der Waals surface area contributed by atoms with Crippen molar-refractivity contribution in [3.63, 3.8) is 0 Å². The number of hydrogen-bond acceptors (Lipinski definition) is 3. The van der Waals surface area contributed by atoms with Gasteiger partial charge in [-0.25, -0.2) is 8.78 Å². The molecule has 0 spiro atoms. The molecule has 15 heavy (non-hydrogen) atoms. The maximum absolute atomic E-state index is 13.0. The molecule has 0 aliphatic carbocycles. The van der Waals surface area contributed by atoms with Crippen LogP contribution in [-0.4, -0.2) is 17.6 Å². The van der Waals surface area contributed by atoms with E-state index in [0.29, 0.717) is 6.54 Å². The van der Waals surface area contributed by atoms with Crippen molar-refractivity contribution in [2.24, 2.45) is 10.9 Å². The van der Waals surface area contributed by atoms with Crippen molar-refractivity contribution in [3.05, 3.63) is 29.8 Å². The van der Waals surface area contributed by atoms with Gasteiger partial charge in [0.1, 0.15) is 17.5 Å². The van der Waals surface area contributed by atoms with E-state index in [1.807, 2.05) is 0 Å². The summed E-state index contributed by atoms with van der Waals surface area (Å²) in [5, 5.41) is 13.7. The minimum Gasteiger partial charge on any atom is -0.409 e. The summed E-state index contributed by atoms with van der Waals surface area (Å²) in [6.07, 6.45) is 0.271. The van der Waals surface area contributed by atoms with Gasteiger partial charge in [-0.3, -0.25) is 0 Å². The Kier molecular flexibility index (Phi) is 3.84. The fraction of sp³-hybridized carbons (Fsp3) is 0.222. The van der Waals surface area contributed by atoms with Crippen molar-refractivity contribution in [2.75, 3.05) is 11.9 Å². The molecule has 0 aliphatic rings. The normalized spacial score (nSPS) is 11.5. The molecule has 0 fully saturated rings. The summed E-state index contributed by atoms with van der Waals surface area (Å²) in [6.45, 7) is 0.304. The Labute approximate surface area is 85.4 Å². The molecule has 0 atom stereocenters. The van der Waals surface area contributed by atoms with Gasteiger partial charge in [-0.1, -0.05) is 5.16 Å². The van der Waals surface area contributed by atoms with Gasteiger partial charge in [0, 0.05) is 19.0 Å². The maximum atomic E-state index is 13.0. The minimum absolute atomic E-state index is 0.0463. The van der Waals surface area contributed by atoms with Crippen molar-refractivity contribution in [2.45, 2.75) is 6.42 Å². The Morgan fingerprint density at radius 2 is 2.20 bits per heavy atom. The molecule has 6 heteroatoms. The fourth-order valence-corrected chi connectivity index (χ4v) is 1.01. The van der Waals surface area contributed by atoms with E-state index in [2.05, 4.69) is 10.5 Å². The predicted octanol–water partition coefficient (Wildman–Crippen LogP) is 1.51. The van der Waals surface area contributed by atoms with Crippen LogP contribution in [0.1, 0.15) is 6.42 Å². The van der Waals surface area contributed by atoms with Crippen molar-refractivity contribution < 1.29 is 14.0 Å². The van der Waals surface area contributed by atoms with Crippen LogP contribution in [0.25, 0.3) is 0 Å². The SMILES string of the molecule is NC(CCNc1ccc(F)cc1F)=NO. The van der Waals surface area contributed by atoms with Gasteiger partial charge >= 0.3 is 0 Å². The number of nitrogens with one attached hydrogen (secondary N) is 1. The van der Waals surface area contributed by atoms with Crippen molar-refractivity contribution >= 4 is 11.5 Å². The van der Waals surface area contributed by atoms with Gasteiger partial charge in [0.15, 0.2) is 0 Å². The molecule has 0 radical (unpaired) electrons. The summed E-state index contributed by atoms with van der Waals surface area (Å²) < 4.78 is 25.6. The van der Waals surface area contributed by atoms with Gasteiger partial charge in [-0.15, -0.1) is 0 Å². The van der Waals surface area contributed by atoms with E-state index < -0.39 is 11.6 Å².